The molecule has 1 N–H and O–H groups in total. The fraction of sp³-hybridized carbons (Fsp3) is 0.770. The molecular formula is C61H111N2O7P. The first-order chi connectivity index (χ1) is 34.4. The van der Waals surface area contributed by atoms with Gasteiger partial charge in [-0.3, -0.25) is 14.2 Å². The number of ether oxygens (including phenoxy) is 1. The monoisotopic (exact) mass is 1010 g/mol. The third-order valence-corrected chi connectivity index (χ3v) is 13.6. The van der Waals surface area contributed by atoms with Crippen LogP contribution in [0.25, 0.3) is 0 Å². The number of nitrogens with zero attached hydrogens (tertiary/aromatic N) is 1. The Morgan fingerprint density at radius 3 is 1.38 bits per heavy atom. The van der Waals surface area contributed by atoms with E-state index in [1.54, 1.807) is 0 Å². The Bertz CT molecular complexity index is 1450. The molecule has 0 aromatic heterocycles. The van der Waals surface area contributed by atoms with Gasteiger partial charge < -0.3 is 28.5 Å². The SMILES string of the molecule is CC/C=C/C/C=C/C/C=C/CCCCCCCCC(=O)NC(COP(=O)([O-])OCC[N+](C)(C)C)C(/C=C/CCCCCCCCCCCC)OC(=O)CCCCCCCCC/C=C\C/C=C\CCCCC. The number of esters is 1. The highest BCUT2D eigenvalue weighted by atomic mass is 31.2. The molecule has 71 heavy (non-hydrogen) atoms. The van der Waals surface area contributed by atoms with Gasteiger partial charge in [0.25, 0.3) is 7.82 Å². The first-order valence-electron chi connectivity index (χ1n) is 29.2. The molecule has 0 aliphatic carbocycles. The van der Waals surface area contributed by atoms with Crippen molar-refractivity contribution in [2.45, 2.75) is 264 Å². The number of carbonyl (C=O) groups excluding carboxylic acids is 2. The predicted molar refractivity (Wildman–Crippen MR) is 302 cm³/mol. The zero-order valence-electron chi connectivity index (χ0n) is 46.9. The molecule has 412 valence electrons. The molecule has 0 aromatic carbocycles. The Kier molecular flexibility index (Phi) is 49.1. The number of unbranched alkanes of at least 4 members (excludes halogenated alkanes) is 26. The van der Waals surface area contributed by atoms with E-state index >= 15 is 0 Å². The quantitative estimate of drug-likeness (QED) is 0.0212. The number of phosphoric ester groups is 1. The molecule has 9 nitrogen and oxygen atoms in total. The van der Waals surface area contributed by atoms with E-state index < -0.39 is 26.6 Å². The van der Waals surface area contributed by atoms with Gasteiger partial charge in [0.15, 0.2) is 0 Å². The number of phosphoric acid groups is 1. The van der Waals surface area contributed by atoms with Crippen molar-refractivity contribution in [1.82, 2.24) is 5.32 Å². The second-order valence-corrected chi connectivity index (χ2v) is 22.2. The molecule has 0 rings (SSSR count). The lowest BCUT2D eigenvalue weighted by Crippen LogP contribution is -2.47. The minimum absolute atomic E-state index is 0.0289. The van der Waals surface area contributed by atoms with Crippen LogP contribution in [0.1, 0.15) is 252 Å². The fourth-order valence-corrected chi connectivity index (χ4v) is 8.82. The zero-order chi connectivity index (χ0) is 52.2. The van der Waals surface area contributed by atoms with Crippen LogP contribution in [0.15, 0.2) is 72.9 Å². The van der Waals surface area contributed by atoms with Crippen molar-refractivity contribution in [2.75, 3.05) is 40.9 Å². The fourth-order valence-electron chi connectivity index (χ4n) is 8.09. The lowest BCUT2D eigenvalue weighted by atomic mass is 10.0. The average Bonchev–Trinajstić information content (AvgIpc) is 3.33. The van der Waals surface area contributed by atoms with E-state index in [2.05, 4.69) is 86.8 Å². The van der Waals surface area contributed by atoms with Crippen LogP contribution < -0.4 is 10.2 Å². The second-order valence-electron chi connectivity index (χ2n) is 20.8. The molecule has 10 heteroatoms. The van der Waals surface area contributed by atoms with Gasteiger partial charge in [0, 0.05) is 12.8 Å². The molecule has 0 saturated carbocycles. The highest BCUT2D eigenvalue weighted by molar-refractivity contribution is 7.45. The Labute approximate surface area is 438 Å². The summed E-state index contributed by atoms with van der Waals surface area (Å²) in [6, 6.07) is -0.900. The van der Waals surface area contributed by atoms with Gasteiger partial charge in [0.2, 0.25) is 5.91 Å². The first kappa shape index (κ1) is 68.5. The highest BCUT2D eigenvalue weighted by Gasteiger charge is 2.27. The number of allylic oxidation sites excluding steroid dienone is 11. The summed E-state index contributed by atoms with van der Waals surface area (Å²) in [6.07, 6.45) is 64.3. The topological polar surface area (TPSA) is 114 Å². The van der Waals surface area contributed by atoms with Crippen molar-refractivity contribution in [2.24, 2.45) is 0 Å². The van der Waals surface area contributed by atoms with Crippen LogP contribution in [0.4, 0.5) is 0 Å². The van der Waals surface area contributed by atoms with Crippen molar-refractivity contribution >= 4 is 19.7 Å². The second kappa shape index (κ2) is 51.0. The molecule has 0 heterocycles. The molecule has 0 saturated heterocycles. The molecule has 1 amide bonds. The third-order valence-electron chi connectivity index (χ3n) is 12.6. The number of amides is 1. The van der Waals surface area contributed by atoms with Gasteiger partial charge in [-0.05, 0) is 96.0 Å². The van der Waals surface area contributed by atoms with Crippen molar-refractivity contribution in [3.63, 3.8) is 0 Å². The minimum atomic E-state index is -4.70. The largest absolute Gasteiger partial charge is 0.756 e. The van der Waals surface area contributed by atoms with Gasteiger partial charge >= 0.3 is 5.97 Å². The molecule has 0 aliphatic heterocycles. The molecule has 3 unspecified atom stereocenters. The number of nitrogens with one attached hydrogen (secondary N) is 1. The minimum Gasteiger partial charge on any atom is -0.756 e. The molecule has 0 bridgehead atoms. The third kappa shape index (κ3) is 52.1. The van der Waals surface area contributed by atoms with Crippen LogP contribution in [0, 0.1) is 0 Å². The van der Waals surface area contributed by atoms with Crippen molar-refractivity contribution in [1.29, 1.82) is 0 Å². The van der Waals surface area contributed by atoms with Gasteiger partial charge in [0.1, 0.15) is 19.3 Å². The number of hydrogen-bond acceptors (Lipinski definition) is 7. The van der Waals surface area contributed by atoms with Crippen LogP contribution in [0.5, 0.6) is 0 Å². The molecule has 0 radical (unpaired) electrons. The maximum absolute atomic E-state index is 13.5. The van der Waals surface area contributed by atoms with Gasteiger partial charge in [0.05, 0.1) is 33.8 Å². The average molecular weight is 1020 g/mol. The Balaban J connectivity index is 5.36. The zero-order valence-corrected chi connectivity index (χ0v) is 47.8. The predicted octanol–water partition coefficient (Wildman–Crippen LogP) is 17.0. The number of hydrogen-bond donors (Lipinski definition) is 1. The summed E-state index contributed by atoms with van der Waals surface area (Å²) in [4.78, 5) is 39.9. The Morgan fingerprint density at radius 2 is 0.901 bits per heavy atom. The van der Waals surface area contributed by atoms with E-state index in [0.717, 1.165) is 122 Å². The smallest absolute Gasteiger partial charge is 0.306 e. The van der Waals surface area contributed by atoms with Crippen LogP contribution in [0.2, 0.25) is 0 Å². The summed E-state index contributed by atoms with van der Waals surface area (Å²) in [6.45, 7) is 6.69. The summed E-state index contributed by atoms with van der Waals surface area (Å²) in [5.41, 5.74) is 0. The Morgan fingerprint density at radius 1 is 0.507 bits per heavy atom. The van der Waals surface area contributed by atoms with Crippen LogP contribution in [0.3, 0.4) is 0 Å². The summed E-state index contributed by atoms with van der Waals surface area (Å²) >= 11 is 0. The Hall–Kier alpha value is -2.55. The molecule has 0 aromatic rings. The summed E-state index contributed by atoms with van der Waals surface area (Å²) in [7, 11) is 1.16. The normalized spacial score (nSPS) is 14.3. The molecule has 3 atom stereocenters. The van der Waals surface area contributed by atoms with E-state index in [1.165, 1.54) is 96.3 Å². The summed E-state index contributed by atoms with van der Waals surface area (Å²) in [5, 5.41) is 3.01. The lowest BCUT2D eigenvalue weighted by molar-refractivity contribution is -0.870. The van der Waals surface area contributed by atoms with Crippen LogP contribution in [-0.4, -0.2) is 69.4 Å². The first-order valence-corrected chi connectivity index (χ1v) is 30.7. The lowest BCUT2D eigenvalue weighted by Gasteiger charge is -2.30. The van der Waals surface area contributed by atoms with Gasteiger partial charge in [-0.25, -0.2) is 0 Å². The number of likely N-dealkylation sites (N-methyl/N-ethyl adjacent to an activating group) is 1. The molecule has 0 fully saturated rings. The highest BCUT2D eigenvalue weighted by Crippen LogP contribution is 2.38. The summed E-state index contributed by atoms with van der Waals surface area (Å²) < 4.78 is 30.2. The number of quaternary nitrogens is 1. The van der Waals surface area contributed by atoms with E-state index in [4.69, 9.17) is 13.8 Å². The van der Waals surface area contributed by atoms with E-state index in [0.29, 0.717) is 17.4 Å². The van der Waals surface area contributed by atoms with Crippen molar-refractivity contribution < 1.29 is 37.3 Å². The van der Waals surface area contributed by atoms with E-state index in [1.807, 2.05) is 33.3 Å². The molecule has 0 aliphatic rings. The van der Waals surface area contributed by atoms with Crippen LogP contribution >= 0.6 is 7.82 Å². The van der Waals surface area contributed by atoms with E-state index in [-0.39, 0.29) is 24.9 Å². The van der Waals surface area contributed by atoms with Crippen LogP contribution in [-0.2, 0) is 27.9 Å². The molecular weight excluding hydrogens is 904 g/mol. The standard InChI is InChI=1S/C61H111N2O7P/c1-7-10-13-16-19-22-25-28-30-32-34-36-39-42-45-48-51-54-61(65)70-59(52-49-46-43-40-37-27-24-21-18-15-12-9-3)58(57-69-71(66,67)68-56-55-63(4,5)6)62-60(64)53-50-47-44-41-38-35-33-31-29-26-23-20-17-14-11-8-2/h11,14,19-20,22-23,28-31,49,52,58-59H,7-10,12-13,15-18,21,24-27,32-48,50-51,53-57H2,1-6H3,(H-,62,64,66,67)/b14-11+,22-19-,23-20+,30-28-,31-29+,52-49+. The molecule has 0 spiro atoms. The van der Waals surface area contributed by atoms with E-state index in [9.17, 15) is 19.0 Å². The maximum Gasteiger partial charge on any atom is 0.306 e. The van der Waals surface area contributed by atoms with Gasteiger partial charge in [-0.15, -0.1) is 0 Å². The van der Waals surface area contributed by atoms with Gasteiger partial charge in [-0.1, -0.05) is 216 Å². The maximum atomic E-state index is 13.5. The van der Waals surface area contributed by atoms with Crippen molar-refractivity contribution in [3.05, 3.63) is 72.9 Å². The number of carbonyl (C=O) groups is 2. The van der Waals surface area contributed by atoms with Gasteiger partial charge in [-0.2, -0.15) is 0 Å². The van der Waals surface area contributed by atoms with Crippen molar-refractivity contribution in [3.8, 4) is 0 Å². The number of rotatable bonds is 52. The summed E-state index contributed by atoms with van der Waals surface area (Å²) in [5.74, 6) is -0.566.